The number of rotatable bonds is 7. The Kier molecular flexibility index (Phi) is 6.75. The molecule has 0 aromatic carbocycles. The standard InChI is InChI=1S/C10H20O9S/c1-14-5-6-7(15-2)8(16-3)9(10(17-4)18-6)19-20(11,12)13/h6-10H,5H2,1-4H3,(H,11,12,13)/p-1/t6-,7+,8?,9?,10-/m0/s1. The second-order valence-electron chi connectivity index (χ2n) is 4.10. The lowest BCUT2D eigenvalue weighted by molar-refractivity contribution is -0.297. The molecule has 120 valence electrons. The van der Waals surface area contributed by atoms with E-state index in [1.807, 2.05) is 0 Å². The van der Waals surface area contributed by atoms with Crippen LogP contribution in [0.5, 0.6) is 0 Å². The van der Waals surface area contributed by atoms with E-state index in [9.17, 15) is 13.0 Å². The minimum atomic E-state index is -4.95. The molecule has 1 aliphatic heterocycles. The number of hydrogen-bond donors (Lipinski definition) is 0. The van der Waals surface area contributed by atoms with Gasteiger partial charge in [-0.15, -0.1) is 0 Å². The van der Waals surface area contributed by atoms with Crippen LogP contribution in [0, 0.1) is 0 Å². The Hall–Kier alpha value is -0.330. The molecule has 0 radical (unpaired) electrons. The Morgan fingerprint density at radius 2 is 1.60 bits per heavy atom. The van der Waals surface area contributed by atoms with Gasteiger partial charge in [0.05, 0.1) is 6.61 Å². The molecule has 0 saturated carbocycles. The molecule has 1 rings (SSSR count). The highest BCUT2D eigenvalue weighted by Crippen LogP contribution is 2.28. The van der Waals surface area contributed by atoms with Crippen molar-refractivity contribution in [3.63, 3.8) is 0 Å². The molecule has 5 atom stereocenters. The van der Waals surface area contributed by atoms with Crippen LogP contribution in [-0.4, -0.2) is 78.7 Å². The largest absolute Gasteiger partial charge is 0.726 e. The third-order valence-corrected chi connectivity index (χ3v) is 3.39. The average molecular weight is 315 g/mol. The molecule has 20 heavy (non-hydrogen) atoms. The molecule has 0 amide bonds. The van der Waals surface area contributed by atoms with Crippen molar-refractivity contribution in [1.82, 2.24) is 0 Å². The van der Waals surface area contributed by atoms with Crippen LogP contribution >= 0.6 is 0 Å². The maximum absolute atomic E-state index is 10.8. The topological polar surface area (TPSA) is 113 Å². The fourth-order valence-electron chi connectivity index (χ4n) is 2.16. The van der Waals surface area contributed by atoms with Crippen molar-refractivity contribution in [2.75, 3.05) is 35.0 Å². The van der Waals surface area contributed by atoms with Crippen molar-refractivity contribution in [2.45, 2.75) is 30.7 Å². The summed E-state index contributed by atoms with van der Waals surface area (Å²) < 4.78 is 62.8. The average Bonchev–Trinajstić information content (AvgIpc) is 2.37. The van der Waals surface area contributed by atoms with E-state index in [2.05, 4.69) is 4.18 Å². The highest BCUT2D eigenvalue weighted by molar-refractivity contribution is 7.80. The maximum Gasteiger partial charge on any atom is 0.218 e. The van der Waals surface area contributed by atoms with Gasteiger partial charge in [-0.2, -0.15) is 0 Å². The van der Waals surface area contributed by atoms with E-state index in [1.165, 1.54) is 28.4 Å². The molecule has 1 aliphatic rings. The summed E-state index contributed by atoms with van der Waals surface area (Å²) in [4.78, 5) is 0. The molecule has 1 heterocycles. The summed E-state index contributed by atoms with van der Waals surface area (Å²) >= 11 is 0. The normalized spacial score (nSPS) is 35.1. The van der Waals surface area contributed by atoms with Crippen molar-refractivity contribution in [1.29, 1.82) is 0 Å². The lowest BCUT2D eigenvalue weighted by Crippen LogP contribution is -2.61. The smallest absolute Gasteiger partial charge is 0.218 e. The highest BCUT2D eigenvalue weighted by atomic mass is 32.3. The van der Waals surface area contributed by atoms with Gasteiger partial charge in [0.1, 0.15) is 18.3 Å². The molecule has 0 spiro atoms. The molecule has 0 aromatic rings. The van der Waals surface area contributed by atoms with Crippen LogP contribution in [0.2, 0.25) is 0 Å². The summed E-state index contributed by atoms with van der Waals surface area (Å²) in [6.07, 6.45) is -4.49. The first-order valence-corrected chi connectivity index (χ1v) is 7.08. The first-order chi connectivity index (χ1) is 9.37. The Morgan fingerprint density at radius 3 is 2.00 bits per heavy atom. The fourth-order valence-corrected chi connectivity index (χ4v) is 2.63. The predicted molar refractivity (Wildman–Crippen MR) is 63.7 cm³/mol. The molecule has 0 aliphatic carbocycles. The first kappa shape index (κ1) is 17.7. The van der Waals surface area contributed by atoms with Crippen LogP contribution in [0.15, 0.2) is 0 Å². The van der Waals surface area contributed by atoms with E-state index in [-0.39, 0.29) is 6.61 Å². The maximum atomic E-state index is 10.8. The second-order valence-corrected chi connectivity index (χ2v) is 5.11. The number of methoxy groups -OCH3 is 4. The molecule has 10 heteroatoms. The fraction of sp³-hybridized carbons (Fsp3) is 1.00. The summed E-state index contributed by atoms with van der Waals surface area (Å²) in [5.74, 6) is 0. The van der Waals surface area contributed by atoms with Gasteiger partial charge in [-0.05, 0) is 0 Å². The van der Waals surface area contributed by atoms with Crippen molar-refractivity contribution in [3.8, 4) is 0 Å². The molecule has 0 N–H and O–H groups in total. The third kappa shape index (κ3) is 4.33. The molecule has 9 nitrogen and oxygen atoms in total. The van der Waals surface area contributed by atoms with Gasteiger partial charge in [0.25, 0.3) is 0 Å². The number of hydrogen-bond acceptors (Lipinski definition) is 9. The zero-order valence-electron chi connectivity index (χ0n) is 11.7. The monoisotopic (exact) mass is 315 g/mol. The summed E-state index contributed by atoms with van der Waals surface area (Å²) in [6, 6.07) is 0. The van der Waals surface area contributed by atoms with Crippen LogP contribution in [-0.2, 0) is 38.3 Å². The van der Waals surface area contributed by atoms with Gasteiger partial charge in [-0.1, -0.05) is 0 Å². The second kappa shape index (κ2) is 7.61. The predicted octanol–water partition coefficient (Wildman–Crippen LogP) is -1.12. The van der Waals surface area contributed by atoms with Gasteiger partial charge in [0, 0.05) is 28.4 Å². The summed E-state index contributed by atoms with van der Waals surface area (Å²) in [5, 5.41) is 0. The quantitative estimate of drug-likeness (QED) is 0.426. The van der Waals surface area contributed by atoms with Crippen LogP contribution < -0.4 is 0 Å². The Bertz CT molecular complexity index is 384. The van der Waals surface area contributed by atoms with Gasteiger partial charge in [-0.3, -0.25) is 4.18 Å². The van der Waals surface area contributed by atoms with Crippen LogP contribution in [0.1, 0.15) is 0 Å². The lowest BCUT2D eigenvalue weighted by Gasteiger charge is -2.44. The molecule has 0 aromatic heterocycles. The summed E-state index contributed by atoms with van der Waals surface area (Å²) in [6.45, 7) is 0.176. The van der Waals surface area contributed by atoms with E-state index in [0.717, 1.165) is 0 Å². The molecule has 1 fully saturated rings. The number of ether oxygens (including phenoxy) is 5. The Labute approximate surface area is 118 Å². The first-order valence-electron chi connectivity index (χ1n) is 5.74. The van der Waals surface area contributed by atoms with E-state index in [1.54, 1.807) is 0 Å². The summed E-state index contributed by atoms with van der Waals surface area (Å²) in [5.41, 5.74) is 0. The molecular formula is C10H19O9S-. The summed E-state index contributed by atoms with van der Waals surface area (Å²) in [7, 11) is 0.563. The van der Waals surface area contributed by atoms with E-state index in [4.69, 9.17) is 23.7 Å². The Morgan fingerprint density at radius 1 is 1.00 bits per heavy atom. The van der Waals surface area contributed by atoms with E-state index < -0.39 is 41.1 Å². The van der Waals surface area contributed by atoms with E-state index in [0.29, 0.717) is 0 Å². The highest BCUT2D eigenvalue weighted by Gasteiger charge is 2.48. The Balaban J connectivity index is 3.01. The minimum absolute atomic E-state index is 0.176. The van der Waals surface area contributed by atoms with Crippen molar-refractivity contribution in [3.05, 3.63) is 0 Å². The lowest BCUT2D eigenvalue weighted by atomic mass is 9.99. The van der Waals surface area contributed by atoms with Gasteiger partial charge in [0.15, 0.2) is 12.4 Å². The van der Waals surface area contributed by atoms with Crippen LogP contribution in [0.3, 0.4) is 0 Å². The van der Waals surface area contributed by atoms with Gasteiger partial charge < -0.3 is 28.2 Å². The van der Waals surface area contributed by atoms with Gasteiger partial charge >= 0.3 is 0 Å². The minimum Gasteiger partial charge on any atom is -0.726 e. The van der Waals surface area contributed by atoms with Crippen molar-refractivity contribution in [2.24, 2.45) is 0 Å². The van der Waals surface area contributed by atoms with Gasteiger partial charge in [-0.25, -0.2) is 8.42 Å². The molecular weight excluding hydrogens is 296 g/mol. The molecule has 1 saturated heterocycles. The molecule has 2 unspecified atom stereocenters. The van der Waals surface area contributed by atoms with Gasteiger partial charge in [0.2, 0.25) is 10.4 Å². The van der Waals surface area contributed by atoms with Crippen LogP contribution in [0.4, 0.5) is 0 Å². The third-order valence-electron chi connectivity index (χ3n) is 2.93. The van der Waals surface area contributed by atoms with E-state index >= 15 is 0 Å². The SMILES string of the molecule is COC[C@@H]1O[C@H](OC)C(OS(=O)(=O)[O-])C(OC)[C@@H]1OC. The molecule has 0 bridgehead atoms. The zero-order chi connectivity index (χ0) is 15.3. The zero-order valence-corrected chi connectivity index (χ0v) is 12.5. The van der Waals surface area contributed by atoms with Crippen LogP contribution in [0.25, 0.3) is 0 Å². The van der Waals surface area contributed by atoms with Crippen molar-refractivity contribution < 1.29 is 40.8 Å². The van der Waals surface area contributed by atoms with Crippen molar-refractivity contribution >= 4 is 10.4 Å².